The molecule has 0 atom stereocenters. The predicted octanol–water partition coefficient (Wildman–Crippen LogP) is 6.59. The second kappa shape index (κ2) is 13.5. The molecule has 0 fully saturated rings. The summed E-state index contributed by atoms with van der Waals surface area (Å²) in [6.45, 7) is 2.60. The molecule has 29 heavy (non-hydrogen) atoms. The molecule has 4 heteroatoms. The van der Waals surface area contributed by atoms with Gasteiger partial charge in [0.15, 0.2) is 0 Å². The zero-order valence-electron chi connectivity index (χ0n) is 17.4. The molecule has 156 valence electrons. The molecule has 0 aliphatic rings. The van der Waals surface area contributed by atoms with Crippen LogP contribution in [0.5, 0.6) is 5.75 Å². The van der Waals surface area contributed by atoms with Crippen LogP contribution in [0.25, 0.3) is 0 Å². The Hall–Kier alpha value is -2.62. The molecule has 0 spiro atoms. The van der Waals surface area contributed by atoms with Crippen LogP contribution in [-0.2, 0) is 4.74 Å². The van der Waals surface area contributed by atoms with Crippen molar-refractivity contribution in [2.24, 2.45) is 0 Å². The number of unbranched alkanes of at least 4 members (excludes halogenated alkanes) is 8. The third-order valence-electron chi connectivity index (χ3n) is 4.80. The maximum atomic E-state index is 12.5. The van der Waals surface area contributed by atoms with Crippen LogP contribution in [-0.4, -0.2) is 18.5 Å². The van der Waals surface area contributed by atoms with Crippen molar-refractivity contribution in [3.8, 4) is 5.75 Å². The van der Waals surface area contributed by atoms with Crippen molar-refractivity contribution in [2.45, 2.75) is 64.7 Å². The van der Waals surface area contributed by atoms with Gasteiger partial charge >= 0.3 is 11.9 Å². The van der Waals surface area contributed by atoms with Crippen molar-refractivity contribution >= 4 is 11.9 Å². The molecule has 0 unspecified atom stereocenters. The topological polar surface area (TPSA) is 52.6 Å². The number of hydrogen-bond donors (Lipinski definition) is 0. The van der Waals surface area contributed by atoms with Crippen LogP contribution in [0.15, 0.2) is 54.6 Å². The molecule has 0 saturated heterocycles. The van der Waals surface area contributed by atoms with Crippen molar-refractivity contribution in [3.05, 3.63) is 65.7 Å². The van der Waals surface area contributed by atoms with Crippen LogP contribution < -0.4 is 4.74 Å². The van der Waals surface area contributed by atoms with Gasteiger partial charge in [-0.1, -0.05) is 88.6 Å². The third kappa shape index (κ3) is 8.51. The summed E-state index contributed by atoms with van der Waals surface area (Å²) in [5.41, 5.74) is 0.456. The van der Waals surface area contributed by atoms with Crippen LogP contribution in [0.2, 0.25) is 0 Å². The van der Waals surface area contributed by atoms with E-state index >= 15 is 0 Å². The maximum absolute atomic E-state index is 12.5. The fourth-order valence-electron chi connectivity index (χ4n) is 3.15. The normalized spacial score (nSPS) is 10.5. The van der Waals surface area contributed by atoms with E-state index in [9.17, 15) is 9.59 Å². The first-order valence-electron chi connectivity index (χ1n) is 10.8. The van der Waals surface area contributed by atoms with Crippen molar-refractivity contribution in [1.82, 2.24) is 0 Å². The number of para-hydroxylation sites is 1. The molecular weight excluding hydrogens is 364 g/mol. The number of ether oxygens (including phenoxy) is 2. The van der Waals surface area contributed by atoms with E-state index in [1.54, 1.807) is 48.5 Å². The Morgan fingerprint density at radius 2 is 1.17 bits per heavy atom. The molecule has 2 rings (SSSR count). The third-order valence-corrected chi connectivity index (χ3v) is 4.80. The Morgan fingerprint density at radius 1 is 0.655 bits per heavy atom. The summed E-state index contributed by atoms with van der Waals surface area (Å²) < 4.78 is 10.7. The molecular formula is C25H32O4. The zero-order valence-corrected chi connectivity index (χ0v) is 17.4. The van der Waals surface area contributed by atoms with Gasteiger partial charge < -0.3 is 9.47 Å². The fourth-order valence-corrected chi connectivity index (χ4v) is 3.15. The molecule has 2 aromatic rings. The Bertz CT molecular complexity index is 739. The smallest absolute Gasteiger partial charge is 0.344 e. The number of benzene rings is 2. The fraction of sp³-hybridized carbons (Fsp3) is 0.440. The highest BCUT2D eigenvalue weighted by Gasteiger charge is 2.19. The lowest BCUT2D eigenvalue weighted by Gasteiger charge is -2.09. The Morgan fingerprint density at radius 3 is 1.79 bits per heavy atom. The number of rotatable bonds is 13. The number of esters is 2. The molecule has 4 nitrogen and oxygen atoms in total. The van der Waals surface area contributed by atoms with Gasteiger partial charge in [0, 0.05) is 0 Å². The average molecular weight is 397 g/mol. The largest absolute Gasteiger partial charge is 0.462 e. The molecule has 0 aromatic heterocycles. The van der Waals surface area contributed by atoms with Gasteiger partial charge in [-0.05, 0) is 30.7 Å². The first kappa shape index (κ1) is 22.7. The summed E-state index contributed by atoms with van der Waals surface area (Å²) in [6, 6.07) is 15.4. The van der Waals surface area contributed by atoms with E-state index in [2.05, 4.69) is 6.92 Å². The van der Waals surface area contributed by atoms with E-state index in [0.717, 1.165) is 12.8 Å². The van der Waals surface area contributed by atoms with Crippen LogP contribution in [0.4, 0.5) is 0 Å². The second-order valence-corrected chi connectivity index (χ2v) is 7.21. The Kier molecular flexibility index (Phi) is 10.6. The van der Waals surface area contributed by atoms with E-state index in [1.165, 1.54) is 44.9 Å². The van der Waals surface area contributed by atoms with Gasteiger partial charge in [0.05, 0.1) is 17.7 Å². The Labute approximate surface area is 174 Å². The summed E-state index contributed by atoms with van der Waals surface area (Å²) in [7, 11) is 0. The van der Waals surface area contributed by atoms with E-state index in [0.29, 0.717) is 12.4 Å². The Balaban J connectivity index is 1.73. The van der Waals surface area contributed by atoms with Crippen LogP contribution in [0.1, 0.15) is 85.4 Å². The van der Waals surface area contributed by atoms with Crippen LogP contribution in [0, 0.1) is 0 Å². The minimum atomic E-state index is -0.563. The van der Waals surface area contributed by atoms with Crippen molar-refractivity contribution in [2.75, 3.05) is 6.61 Å². The van der Waals surface area contributed by atoms with Crippen molar-refractivity contribution < 1.29 is 19.1 Å². The number of carbonyl (C=O) groups is 2. The van der Waals surface area contributed by atoms with E-state index in [-0.39, 0.29) is 11.1 Å². The quantitative estimate of drug-likeness (QED) is 0.218. The van der Waals surface area contributed by atoms with Gasteiger partial charge in [-0.25, -0.2) is 9.59 Å². The first-order valence-corrected chi connectivity index (χ1v) is 10.8. The second-order valence-electron chi connectivity index (χ2n) is 7.21. The van der Waals surface area contributed by atoms with E-state index < -0.39 is 11.9 Å². The number of hydrogen-bond acceptors (Lipinski definition) is 4. The molecule has 0 bridgehead atoms. The zero-order chi connectivity index (χ0) is 20.7. The lowest BCUT2D eigenvalue weighted by atomic mass is 10.1. The molecule has 0 N–H and O–H groups in total. The van der Waals surface area contributed by atoms with Crippen LogP contribution >= 0.6 is 0 Å². The molecule has 0 radical (unpaired) electrons. The first-order chi connectivity index (χ1) is 14.2. The van der Waals surface area contributed by atoms with Gasteiger partial charge in [0.25, 0.3) is 0 Å². The minimum absolute atomic E-state index is 0.216. The molecule has 2 aromatic carbocycles. The molecule has 0 heterocycles. The monoisotopic (exact) mass is 396 g/mol. The highest BCUT2D eigenvalue weighted by molar-refractivity contribution is 6.03. The maximum Gasteiger partial charge on any atom is 0.344 e. The van der Waals surface area contributed by atoms with Crippen molar-refractivity contribution in [3.63, 3.8) is 0 Å². The number of carbonyl (C=O) groups excluding carboxylic acids is 2. The van der Waals surface area contributed by atoms with Gasteiger partial charge in [0.2, 0.25) is 0 Å². The molecule has 0 amide bonds. The van der Waals surface area contributed by atoms with E-state index in [1.807, 2.05) is 6.07 Å². The summed E-state index contributed by atoms with van der Waals surface area (Å²) >= 11 is 0. The van der Waals surface area contributed by atoms with Crippen LogP contribution in [0.3, 0.4) is 0 Å². The SMILES string of the molecule is CCCCCCCCCCCOC(=O)c1ccccc1C(=O)Oc1ccccc1. The summed E-state index contributed by atoms with van der Waals surface area (Å²) in [5.74, 6) is -0.604. The highest BCUT2D eigenvalue weighted by Crippen LogP contribution is 2.16. The summed E-state index contributed by atoms with van der Waals surface area (Å²) in [5, 5.41) is 0. The highest BCUT2D eigenvalue weighted by atomic mass is 16.5. The molecule has 0 aliphatic carbocycles. The van der Waals surface area contributed by atoms with Crippen molar-refractivity contribution in [1.29, 1.82) is 0 Å². The summed E-state index contributed by atoms with van der Waals surface area (Å²) in [6.07, 6.45) is 10.9. The van der Waals surface area contributed by atoms with Gasteiger partial charge in [0.1, 0.15) is 5.75 Å². The standard InChI is InChI=1S/C25H32O4/c1-2-3-4-5-6-7-8-9-15-20-28-24(26)22-18-13-14-19-23(22)25(27)29-21-16-11-10-12-17-21/h10-14,16-19H,2-9,15,20H2,1H3. The predicted molar refractivity (Wildman–Crippen MR) is 115 cm³/mol. The van der Waals surface area contributed by atoms with Gasteiger partial charge in [-0.3, -0.25) is 0 Å². The lowest BCUT2D eigenvalue weighted by molar-refractivity contribution is 0.0489. The van der Waals surface area contributed by atoms with Gasteiger partial charge in [-0.2, -0.15) is 0 Å². The molecule has 0 aliphatic heterocycles. The van der Waals surface area contributed by atoms with E-state index in [4.69, 9.17) is 9.47 Å². The molecule has 0 saturated carbocycles. The minimum Gasteiger partial charge on any atom is -0.462 e. The summed E-state index contributed by atoms with van der Waals surface area (Å²) in [4.78, 5) is 24.9. The average Bonchev–Trinajstić information content (AvgIpc) is 2.75. The lowest BCUT2D eigenvalue weighted by Crippen LogP contribution is -2.16. The van der Waals surface area contributed by atoms with Gasteiger partial charge in [-0.15, -0.1) is 0 Å².